The van der Waals surface area contributed by atoms with E-state index in [1.165, 1.54) is 6.26 Å². The van der Waals surface area contributed by atoms with E-state index >= 15 is 0 Å². The van der Waals surface area contributed by atoms with Gasteiger partial charge in [-0.3, -0.25) is 4.79 Å². The van der Waals surface area contributed by atoms with Crippen molar-refractivity contribution in [1.82, 2.24) is 4.98 Å². The second-order valence-electron chi connectivity index (χ2n) is 3.97. The summed E-state index contributed by atoms with van der Waals surface area (Å²) in [5, 5.41) is -0.403. The van der Waals surface area contributed by atoms with Crippen molar-refractivity contribution in [2.45, 2.75) is 30.9 Å². The second-order valence-corrected chi connectivity index (χ2v) is 6.37. The van der Waals surface area contributed by atoms with Crippen LogP contribution in [0.5, 0.6) is 0 Å². The number of rotatable bonds is 3. The SMILES string of the molecule is O=Cc1coc(CC2CCCCS2(=O)=O)n1. The number of nitrogens with zero attached hydrogens (tertiary/aromatic N) is 1. The molecule has 0 radical (unpaired) electrons. The number of hydrogen-bond acceptors (Lipinski definition) is 5. The van der Waals surface area contributed by atoms with Gasteiger partial charge in [-0.15, -0.1) is 0 Å². The van der Waals surface area contributed by atoms with Crippen molar-refractivity contribution in [2.75, 3.05) is 5.75 Å². The van der Waals surface area contributed by atoms with E-state index in [0.717, 1.165) is 12.8 Å². The molecule has 5 nitrogen and oxygen atoms in total. The number of sulfone groups is 1. The monoisotopic (exact) mass is 243 g/mol. The molecule has 0 spiro atoms. The fraction of sp³-hybridized carbons (Fsp3) is 0.600. The molecule has 1 saturated heterocycles. The molecule has 1 aliphatic rings. The molecule has 0 N–H and O–H groups in total. The van der Waals surface area contributed by atoms with Crippen molar-refractivity contribution in [3.8, 4) is 0 Å². The van der Waals surface area contributed by atoms with Crippen LogP contribution in [0.15, 0.2) is 10.7 Å². The van der Waals surface area contributed by atoms with E-state index in [2.05, 4.69) is 4.98 Å². The first-order chi connectivity index (χ1) is 7.62. The highest BCUT2D eigenvalue weighted by Gasteiger charge is 2.30. The van der Waals surface area contributed by atoms with Crippen molar-refractivity contribution in [2.24, 2.45) is 0 Å². The molecule has 2 rings (SSSR count). The molecule has 1 aromatic heterocycles. The van der Waals surface area contributed by atoms with Gasteiger partial charge in [-0.1, -0.05) is 6.42 Å². The molecule has 1 unspecified atom stereocenters. The van der Waals surface area contributed by atoms with Crippen molar-refractivity contribution < 1.29 is 17.6 Å². The van der Waals surface area contributed by atoms with Crippen LogP contribution in [0.3, 0.4) is 0 Å². The van der Waals surface area contributed by atoms with Crippen LogP contribution in [-0.4, -0.2) is 30.7 Å². The van der Waals surface area contributed by atoms with Crippen LogP contribution in [0.4, 0.5) is 0 Å². The zero-order valence-electron chi connectivity index (χ0n) is 8.76. The molecule has 0 saturated carbocycles. The Morgan fingerprint density at radius 1 is 1.50 bits per heavy atom. The Balaban J connectivity index is 2.11. The van der Waals surface area contributed by atoms with Gasteiger partial charge in [0, 0.05) is 6.42 Å². The lowest BCUT2D eigenvalue weighted by molar-refractivity contribution is 0.111. The number of aldehydes is 1. The van der Waals surface area contributed by atoms with Crippen LogP contribution in [-0.2, 0) is 16.3 Å². The summed E-state index contributed by atoms with van der Waals surface area (Å²) in [6.45, 7) is 0. The van der Waals surface area contributed by atoms with Crippen molar-refractivity contribution >= 4 is 16.1 Å². The lowest BCUT2D eigenvalue weighted by atomic mass is 10.1. The average Bonchev–Trinajstić information content (AvgIpc) is 2.69. The Morgan fingerprint density at radius 2 is 2.31 bits per heavy atom. The van der Waals surface area contributed by atoms with E-state index in [1.54, 1.807) is 0 Å². The predicted octanol–water partition coefficient (Wildman–Crippen LogP) is 0.997. The minimum Gasteiger partial charge on any atom is -0.448 e. The van der Waals surface area contributed by atoms with Gasteiger partial charge in [-0.05, 0) is 12.8 Å². The standard InChI is InChI=1S/C10H13NO4S/c12-6-8-7-15-10(11-8)5-9-3-1-2-4-16(9,13)14/h6-7,9H,1-5H2. The third kappa shape index (κ3) is 2.32. The Labute approximate surface area is 93.8 Å². The summed E-state index contributed by atoms with van der Waals surface area (Å²) in [6, 6.07) is 0. The van der Waals surface area contributed by atoms with Crippen molar-refractivity contribution in [1.29, 1.82) is 0 Å². The van der Waals surface area contributed by atoms with E-state index in [1.807, 2.05) is 0 Å². The Hall–Kier alpha value is -1.17. The molecule has 88 valence electrons. The minimum absolute atomic E-state index is 0.211. The maximum atomic E-state index is 11.7. The van der Waals surface area contributed by atoms with Crippen LogP contribution in [0.25, 0.3) is 0 Å². The van der Waals surface area contributed by atoms with E-state index < -0.39 is 15.1 Å². The third-order valence-corrected chi connectivity index (χ3v) is 5.08. The second kappa shape index (κ2) is 4.37. The van der Waals surface area contributed by atoms with Gasteiger partial charge in [0.15, 0.2) is 22.0 Å². The highest BCUT2D eigenvalue weighted by atomic mass is 32.2. The predicted molar refractivity (Wildman–Crippen MR) is 57.0 cm³/mol. The van der Waals surface area contributed by atoms with Gasteiger partial charge in [0.25, 0.3) is 0 Å². The van der Waals surface area contributed by atoms with E-state index in [0.29, 0.717) is 18.6 Å². The molecule has 6 heteroatoms. The van der Waals surface area contributed by atoms with Gasteiger partial charge in [-0.2, -0.15) is 0 Å². The smallest absolute Gasteiger partial charge is 0.195 e. The van der Waals surface area contributed by atoms with Gasteiger partial charge in [0.05, 0.1) is 11.0 Å². The van der Waals surface area contributed by atoms with E-state index in [9.17, 15) is 13.2 Å². The first-order valence-electron chi connectivity index (χ1n) is 5.23. The fourth-order valence-corrected chi connectivity index (χ4v) is 3.78. The molecular formula is C10H13NO4S. The molecule has 0 aliphatic carbocycles. The number of carbonyl (C=O) groups excluding carboxylic acids is 1. The van der Waals surface area contributed by atoms with Gasteiger partial charge in [0.2, 0.25) is 0 Å². The number of oxazole rings is 1. The molecular weight excluding hydrogens is 230 g/mol. The van der Waals surface area contributed by atoms with Gasteiger partial charge in [0.1, 0.15) is 12.0 Å². The molecule has 1 atom stereocenters. The Bertz CT molecular complexity index is 477. The van der Waals surface area contributed by atoms with Crippen LogP contribution in [0.2, 0.25) is 0 Å². The average molecular weight is 243 g/mol. The largest absolute Gasteiger partial charge is 0.448 e. The fourth-order valence-electron chi connectivity index (χ4n) is 1.92. The molecule has 2 heterocycles. The Kier molecular flexibility index (Phi) is 3.09. The molecule has 1 aliphatic heterocycles. The summed E-state index contributed by atoms with van der Waals surface area (Å²) in [5.41, 5.74) is 0.211. The first-order valence-corrected chi connectivity index (χ1v) is 6.94. The lowest BCUT2D eigenvalue weighted by Crippen LogP contribution is -2.30. The molecule has 0 aromatic carbocycles. The van der Waals surface area contributed by atoms with Gasteiger partial charge < -0.3 is 4.42 Å². The molecule has 16 heavy (non-hydrogen) atoms. The topological polar surface area (TPSA) is 77.2 Å². The summed E-state index contributed by atoms with van der Waals surface area (Å²) >= 11 is 0. The summed E-state index contributed by atoms with van der Waals surface area (Å²) in [7, 11) is -3.01. The molecule has 0 amide bonds. The summed E-state index contributed by atoms with van der Waals surface area (Å²) < 4.78 is 28.5. The van der Waals surface area contributed by atoms with E-state index in [4.69, 9.17) is 4.42 Å². The van der Waals surface area contributed by atoms with Crippen molar-refractivity contribution in [3.63, 3.8) is 0 Å². The van der Waals surface area contributed by atoms with Gasteiger partial charge in [-0.25, -0.2) is 13.4 Å². The van der Waals surface area contributed by atoms with Crippen LogP contribution < -0.4 is 0 Å². The van der Waals surface area contributed by atoms with Crippen molar-refractivity contribution in [3.05, 3.63) is 17.8 Å². The highest BCUT2D eigenvalue weighted by Crippen LogP contribution is 2.22. The highest BCUT2D eigenvalue weighted by molar-refractivity contribution is 7.92. The molecule has 0 bridgehead atoms. The van der Waals surface area contributed by atoms with Crippen LogP contribution >= 0.6 is 0 Å². The quantitative estimate of drug-likeness (QED) is 0.740. The zero-order chi connectivity index (χ0) is 11.6. The van der Waals surface area contributed by atoms with Gasteiger partial charge >= 0.3 is 0 Å². The minimum atomic E-state index is -3.01. The maximum absolute atomic E-state index is 11.7. The number of carbonyl (C=O) groups is 1. The lowest BCUT2D eigenvalue weighted by Gasteiger charge is -2.20. The van der Waals surface area contributed by atoms with Crippen LogP contribution in [0.1, 0.15) is 35.6 Å². The summed E-state index contributed by atoms with van der Waals surface area (Å²) in [6.07, 6.45) is 4.42. The zero-order valence-corrected chi connectivity index (χ0v) is 9.57. The number of aromatic nitrogens is 1. The van der Waals surface area contributed by atoms with E-state index in [-0.39, 0.29) is 17.9 Å². The number of hydrogen-bond donors (Lipinski definition) is 0. The summed E-state index contributed by atoms with van der Waals surface area (Å²) in [5.74, 6) is 0.580. The molecule has 1 aromatic rings. The maximum Gasteiger partial charge on any atom is 0.195 e. The summed E-state index contributed by atoms with van der Waals surface area (Å²) in [4.78, 5) is 14.3. The van der Waals surface area contributed by atoms with Crippen LogP contribution in [0, 0.1) is 0 Å². The Morgan fingerprint density at radius 3 is 2.94 bits per heavy atom. The third-order valence-electron chi connectivity index (χ3n) is 2.81. The normalized spacial score (nSPS) is 24.1. The molecule has 1 fully saturated rings. The first kappa shape index (κ1) is 11.3.